The molecule has 90 valence electrons. The summed E-state index contributed by atoms with van der Waals surface area (Å²) in [6.07, 6.45) is 1.83. The fourth-order valence-corrected chi connectivity index (χ4v) is 2.17. The molecular formula is C9H15N3O3S. The van der Waals surface area contributed by atoms with Crippen LogP contribution in [0.5, 0.6) is 0 Å². The number of methoxy groups -OCH3 is 1. The lowest BCUT2D eigenvalue weighted by Crippen LogP contribution is -2.17. The lowest BCUT2D eigenvalue weighted by Gasteiger charge is -2.07. The summed E-state index contributed by atoms with van der Waals surface area (Å²) >= 11 is 0. The molecule has 1 rings (SSSR count). The molecule has 0 aliphatic carbocycles. The van der Waals surface area contributed by atoms with Gasteiger partial charge < -0.3 is 10.5 Å². The Morgan fingerprint density at radius 2 is 2.25 bits per heavy atom. The Morgan fingerprint density at radius 3 is 2.81 bits per heavy atom. The third kappa shape index (κ3) is 4.45. The molecule has 0 spiro atoms. The van der Waals surface area contributed by atoms with Crippen LogP contribution in [0.1, 0.15) is 6.42 Å². The predicted octanol–water partition coefficient (Wildman–Crippen LogP) is 0.442. The fraction of sp³-hybridized carbons (Fsp3) is 0.444. The molecule has 1 heterocycles. The van der Waals surface area contributed by atoms with E-state index in [-0.39, 0.29) is 5.75 Å². The lowest BCUT2D eigenvalue weighted by molar-refractivity contribution is 0.199. The van der Waals surface area contributed by atoms with Crippen molar-refractivity contribution in [1.29, 1.82) is 0 Å². The van der Waals surface area contributed by atoms with Crippen LogP contribution in [-0.4, -0.2) is 32.9 Å². The summed E-state index contributed by atoms with van der Waals surface area (Å²) < 4.78 is 30.3. The number of nitrogens with one attached hydrogen (secondary N) is 1. The van der Waals surface area contributed by atoms with E-state index in [1.165, 1.54) is 19.4 Å². The Bertz CT molecular complexity index is 416. The van der Waals surface area contributed by atoms with Crippen molar-refractivity contribution in [1.82, 2.24) is 4.98 Å². The summed E-state index contributed by atoms with van der Waals surface area (Å²) in [5, 5.41) is 0. The van der Waals surface area contributed by atoms with Crippen LogP contribution in [-0.2, 0) is 14.8 Å². The van der Waals surface area contributed by atoms with Crippen LogP contribution >= 0.6 is 0 Å². The van der Waals surface area contributed by atoms with E-state index < -0.39 is 10.0 Å². The minimum Gasteiger partial charge on any atom is -0.385 e. The summed E-state index contributed by atoms with van der Waals surface area (Å²) in [6.45, 7) is 0.418. The van der Waals surface area contributed by atoms with Gasteiger partial charge in [-0.1, -0.05) is 0 Å². The van der Waals surface area contributed by atoms with E-state index in [9.17, 15) is 8.42 Å². The molecule has 0 aromatic carbocycles. The molecule has 0 amide bonds. The first-order chi connectivity index (χ1) is 7.53. The summed E-state index contributed by atoms with van der Waals surface area (Å²) in [5.41, 5.74) is 5.79. The highest BCUT2D eigenvalue weighted by atomic mass is 32.2. The highest BCUT2D eigenvalue weighted by molar-refractivity contribution is 7.92. The van der Waals surface area contributed by atoms with Gasteiger partial charge in [0.25, 0.3) is 0 Å². The Labute approximate surface area is 94.9 Å². The summed E-state index contributed by atoms with van der Waals surface area (Å²) in [7, 11) is -1.80. The smallest absolute Gasteiger partial charge is 0.232 e. The number of hydrogen-bond acceptors (Lipinski definition) is 5. The molecule has 0 bridgehead atoms. The number of nitrogen functional groups attached to an aromatic ring is 1. The molecule has 0 saturated heterocycles. The molecule has 0 unspecified atom stereocenters. The van der Waals surface area contributed by atoms with Gasteiger partial charge in [-0.05, 0) is 18.6 Å². The van der Waals surface area contributed by atoms with Gasteiger partial charge in [0.2, 0.25) is 10.0 Å². The zero-order valence-electron chi connectivity index (χ0n) is 9.01. The molecule has 0 fully saturated rings. The number of nitrogens with zero attached hydrogens (tertiary/aromatic N) is 1. The Morgan fingerprint density at radius 1 is 1.50 bits per heavy atom. The largest absolute Gasteiger partial charge is 0.385 e. The van der Waals surface area contributed by atoms with Crippen molar-refractivity contribution in [3.8, 4) is 0 Å². The first-order valence-corrected chi connectivity index (χ1v) is 6.40. The van der Waals surface area contributed by atoms with E-state index in [2.05, 4.69) is 9.71 Å². The maximum atomic E-state index is 11.5. The van der Waals surface area contributed by atoms with Crippen LogP contribution in [0.2, 0.25) is 0 Å². The molecule has 0 atom stereocenters. The molecule has 7 heteroatoms. The van der Waals surface area contributed by atoms with Crippen molar-refractivity contribution < 1.29 is 13.2 Å². The van der Waals surface area contributed by atoms with E-state index in [0.717, 1.165) is 0 Å². The van der Waals surface area contributed by atoms with Gasteiger partial charge in [-0.3, -0.25) is 4.72 Å². The van der Waals surface area contributed by atoms with Gasteiger partial charge in [-0.25, -0.2) is 13.4 Å². The van der Waals surface area contributed by atoms with Crippen LogP contribution in [0.3, 0.4) is 0 Å². The van der Waals surface area contributed by atoms with Crippen LogP contribution in [0, 0.1) is 0 Å². The minimum atomic E-state index is -3.33. The molecule has 3 N–H and O–H groups in total. The topological polar surface area (TPSA) is 94.3 Å². The monoisotopic (exact) mass is 245 g/mol. The third-order valence-electron chi connectivity index (χ3n) is 1.82. The van der Waals surface area contributed by atoms with Crippen molar-refractivity contribution in [2.75, 3.05) is 29.9 Å². The Hall–Kier alpha value is -1.34. The number of sulfonamides is 1. The number of hydrogen-bond donors (Lipinski definition) is 2. The second-order valence-corrected chi connectivity index (χ2v) is 5.08. The molecule has 16 heavy (non-hydrogen) atoms. The van der Waals surface area contributed by atoms with Gasteiger partial charge in [0, 0.05) is 13.7 Å². The van der Waals surface area contributed by atoms with E-state index in [1.807, 2.05) is 0 Å². The number of pyridine rings is 1. The maximum absolute atomic E-state index is 11.5. The van der Waals surface area contributed by atoms with Gasteiger partial charge in [-0.2, -0.15) is 0 Å². The summed E-state index contributed by atoms with van der Waals surface area (Å²) in [4.78, 5) is 3.79. The number of ether oxygens (including phenoxy) is 1. The molecule has 1 aromatic rings. The van der Waals surface area contributed by atoms with E-state index >= 15 is 0 Å². The van der Waals surface area contributed by atoms with Gasteiger partial charge in [0.05, 0.1) is 17.6 Å². The number of aromatic nitrogens is 1. The quantitative estimate of drug-likeness (QED) is 0.709. The average molecular weight is 245 g/mol. The maximum Gasteiger partial charge on any atom is 0.232 e. The van der Waals surface area contributed by atoms with Crippen molar-refractivity contribution >= 4 is 21.5 Å². The number of rotatable bonds is 6. The molecular weight excluding hydrogens is 230 g/mol. The second kappa shape index (κ2) is 5.66. The molecule has 1 aromatic heterocycles. The lowest BCUT2D eigenvalue weighted by atomic mass is 10.4. The summed E-state index contributed by atoms with van der Waals surface area (Å²) in [5.74, 6) is 0.368. The average Bonchev–Trinajstić information content (AvgIpc) is 2.21. The standard InChI is InChI=1S/C9H15N3O3S/c1-15-5-2-6-16(13,14)12-8-3-4-9(10)11-7-8/h3-4,7,12H,2,5-6H2,1H3,(H2,10,11). The fourth-order valence-electron chi connectivity index (χ4n) is 1.09. The zero-order valence-corrected chi connectivity index (χ0v) is 9.83. The first kappa shape index (κ1) is 12.7. The van der Waals surface area contributed by atoms with Crippen LogP contribution in [0.4, 0.5) is 11.5 Å². The minimum absolute atomic E-state index is 0.0191. The predicted molar refractivity (Wildman–Crippen MR) is 62.6 cm³/mol. The SMILES string of the molecule is COCCCS(=O)(=O)Nc1ccc(N)nc1. The van der Waals surface area contributed by atoms with Gasteiger partial charge in [-0.15, -0.1) is 0 Å². The van der Waals surface area contributed by atoms with Crippen molar-refractivity contribution in [3.05, 3.63) is 18.3 Å². The van der Waals surface area contributed by atoms with E-state index in [0.29, 0.717) is 24.5 Å². The van der Waals surface area contributed by atoms with Crippen LogP contribution in [0.25, 0.3) is 0 Å². The third-order valence-corrected chi connectivity index (χ3v) is 3.19. The molecule has 0 saturated carbocycles. The van der Waals surface area contributed by atoms with Gasteiger partial charge in [0.15, 0.2) is 0 Å². The highest BCUT2D eigenvalue weighted by Crippen LogP contribution is 2.09. The zero-order chi connectivity index (χ0) is 12.0. The number of nitrogens with two attached hydrogens (primary N) is 1. The van der Waals surface area contributed by atoms with Crippen molar-refractivity contribution in [3.63, 3.8) is 0 Å². The van der Waals surface area contributed by atoms with E-state index in [4.69, 9.17) is 10.5 Å². The van der Waals surface area contributed by atoms with Gasteiger partial charge in [0.1, 0.15) is 5.82 Å². The summed E-state index contributed by atoms with van der Waals surface area (Å²) in [6, 6.07) is 3.10. The van der Waals surface area contributed by atoms with Gasteiger partial charge >= 0.3 is 0 Å². The Kier molecular flexibility index (Phi) is 4.51. The Balaban J connectivity index is 2.55. The van der Waals surface area contributed by atoms with Crippen molar-refractivity contribution in [2.45, 2.75) is 6.42 Å². The van der Waals surface area contributed by atoms with Crippen LogP contribution < -0.4 is 10.5 Å². The molecule has 0 aliphatic rings. The second-order valence-electron chi connectivity index (χ2n) is 3.24. The molecule has 0 radical (unpaired) electrons. The van der Waals surface area contributed by atoms with Crippen molar-refractivity contribution in [2.24, 2.45) is 0 Å². The van der Waals surface area contributed by atoms with Crippen LogP contribution in [0.15, 0.2) is 18.3 Å². The van der Waals surface area contributed by atoms with E-state index in [1.54, 1.807) is 6.07 Å². The number of anilines is 2. The first-order valence-electron chi connectivity index (χ1n) is 4.74. The molecule has 6 nitrogen and oxygen atoms in total. The highest BCUT2D eigenvalue weighted by Gasteiger charge is 2.09. The normalized spacial score (nSPS) is 11.3. The molecule has 0 aliphatic heterocycles.